The van der Waals surface area contributed by atoms with Crippen LogP contribution < -0.4 is 5.32 Å². The van der Waals surface area contributed by atoms with Crippen LogP contribution in [0.4, 0.5) is 0 Å². The normalized spacial score (nSPS) is 12.6. The van der Waals surface area contributed by atoms with Crippen LogP contribution in [0.1, 0.15) is 18.1 Å². The molecule has 0 radical (unpaired) electrons. The Kier molecular flexibility index (Phi) is 8.19. The maximum Gasteiger partial charge on any atom is 0.193 e. The summed E-state index contributed by atoms with van der Waals surface area (Å²) in [6, 6.07) is 20.3. The number of rotatable bonds is 8. The molecule has 0 aliphatic heterocycles. The molecule has 0 heterocycles. The van der Waals surface area contributed by atoms with E-state index >= 15 is 0 Å². The summed E-state index contributed by atoms with van der Waals surface area (Å²) in [5.41, 5.74) is 2.35. The lowest BCUT2D eigenvalue weighted by Crippen LogP contribution is -2.38. The fourth-order valence-corrected chi connectivity index (χ4v) is 3.49. The summed E-state index contributed by atoms with van der Waals surface area (Å²) in [6.45, 7) is 4.21. The minimum atomic E-state index is -0.896. The molecule has 1 unspecified atom stereocenters. The number of nitrogens with zero attached hydrogens (tertiary/aromatic N) is 2. The molecule has 2 rings (SSSR count). The molecular weight excluding hydrogens is 330 g/mol. The molecule has 0 saturated carbocycles. The molecular formula is C20H27N3OS. The predicted octanol–water partition coefficient (Wildman–Crippen LogP) is 3.03. The van der Waals surface area contributed by atoms with E-state index in [1.165, 1.54) is 5.56 Å². The van der Waals surface area contributed by atoms with Crippen molar-refractivity contribution in [2.24, 2.45) is 4.99 Å². The van der Waals surface area contributed by atoms with E-state index in [1.54, 1.807) is 0 Å². The fourth-order valence-electron chi connectivity index (χ4n) is 2.49. The molecule has 0 aliphatic rings. The molecule has 0 aromatic heterocycles. The maximum atomic E-state index is 12.2. The average Bonchev–Trinajstić information content (AvgIpc) is 2.62. The second-order valence-electron chi connectivity index (χ2n) is 5.85. The Morgan fingerprint density at radius 1 is 1.04 bits per heavy atom. The van der Waals surface area contributed by atoms with Crippen LogP contribution in [0.25, 0.3) is 0 Å². The molecule has 5 heteroatoms. The van der Waals surface area contributed by atoms with Crippen molar-refractivity contribution in [1.29, 1.82) is 0 Å². The highest BCUT2D eigenvalue weighted by Gasteiger charge is 2.07. The summed E-state index contributed by atoms with van der Waals surface area (Å²) in [5.74, 6) is 2.01. The smallest absolute Gasteiger partial charge is 0.193 e. The van der Waals surface area contributed by atoms with Gasteiger partial charge >= 0.3 is 0 Å². The van der Waals surface area contributed by atoms with Crippen molar-refractivity contribution in [2.45, 2.75) is 19.2 Å². The van der Waals surface area contributed by atoms with Gasteiger partial charge in [-0.3, -0.25) is 9.20 Å². The van der Waals surface area contributed by atoms with Gasteiger partial charge in [0.25, 0.3) is 0 Å². The Hall–Kier alpha value is -2.14. The minimum absolute atomic E-state index is 0.556. The van der Waals surface area contributed by atoms with Gasteiger partial charge in [0.05, 0.1) is 6.54 Å². The molecule has 0 bridgehead atoms. The van der Waals surface area contributed by atoms with E-state index in [2.05, 4.69) is 34.3 Å². The quantitative estimate of drug-likeness (QED) is 0.583. The van der Waals surface area contributed by atoms with Gasteiger partial charge in [-0.1, -0.05) is 60.7 Å². The van der Waals surface area contributed by atoms with Gasteiger partial charge in [-0.05, 0) is 18.1 Å². The number of benzene rings is 2. The lowest BCUT2D eigenvalue weighted by molar-refractivity contribution is 0.477. The summed E-state index contributed by atoms with van der Waals surface area (Å²) in [5, 5.41) is 3.30. The second kappa shape index (κ2) is 10.7. The van der Waals surface area contributed by atoms with Gasteiger partial charge in [0, 0.05) is 42.4 Å². The third kappa shape index (κ3) is 7.10. The Morgan fingerprint density at radius 3 is 2.24 bits per heavy atom. The number of guanidine groups is 1. The monoisotopic (exact) mass is 357 g/mol. The topological polar surface area (TPSA) is 44.7 Å². The molecule has 134 valence electrons. The van der Waals surface area contributed by atoms with Crippen LogP contribution in [-0.2, 0) is 23.1 Å². The number of aliphatic imine (C=N–C) groups is 1. The lowest BCUT2D eigenvalue weighted by atomic mass is 10.2. The third-order valence-electron chi connectivity index (χ3n) is 3.71. The van der Waals surface area contributed by atoms with Gasteiger partial charge in [-0.2, -0.15) is 0 Å². The molecule has 4 nitrogen and oxygen atoms in total. The van der Waals surface area contributed by atoms with Gasteiger partial charge in [0.2, 0.25) is 0 Å². The number of hydrogen-bond acceptors (Lipinski definition) is 2. The van der Waals surface area contributed by atoms with Crippen LogP contribution in [-0.4, -0.2) is 41.0 Å². The first kappa shape index (κ1) is 19.2. The van der Waals surface area contributed by atoms with Gasteiger partial charge in [-0.25, -0.2) is 0 Å². The SMILES string of the molecule is CCNC(=NCCS(=O)Cc1ccccc1)N(C)Cc1ccccc1. The molecule has 1 N–H and O–H groups in total. The van der Waals surface area contributed by atoms with E-state index in [0.717, 1.165) is 24.6 Å². The van der Waals surface area contributed by atoms with Crippen LogP contribution in [0.2, 0.25) is 0 Å². The van der Waals surface area contributed by atoms with Gasteiger partial charge in [-0.15, -0.1) is 0 Å². The Bertz CT molecular complexity index is 674. The van der Waals surface area contributed by atoms with E-state index in [9.17, 15) is 4.21 Å². The van der Waals surface area contributed by atoms with E-state index in [4.69, 9.17) is 0 Å². The number of nitrogens with one attached hydrogen (secondary N) is 1. The zero-order valence-corrected chi connectivity index (χ0v) is 15.8. The van der Waals surface area contributed by atoms with Crippen LogP contribution in [0.3, 0.4) is 0 Å². The minimum Gasteiger partial charge on any atom is -0.357 e. The van der Waals surface area contributed by atoms with Crippen molar-refractivity contribution in [1.82, 2.24) is 10.2 Å². The zero-order chi connectivity index (χ0) is 17.9. The first-order chi connectivity index (χ1) is 12.2. The molecule has 2 aromatic rings. The average molecular weight is 358 g/mol. The zero-order valence-electron chi connectivity index (χ0n) is 15.0. The summed E-state index contributed by atoms with van der Waals surface area (Å²) in [7, 11) is 1.13. The molecule has 0 spiro atoms. The van der Waals surface area contributed by atoms with Crippen LogP contribution >= 0.6 is 0 Å². The van der Waals surface area contributed by atoms with Crippen molar-refractivity contribution in [3.63, 3.8) is 0 Å². The first-order valence-electron chi connectivity index (χ1n) is 8.61. The van der Waals surface area contributed by atoms with E-state index in [0.29, 0.717) is 18.1 Å². The van der Waals surface area contributed by atoms with Crippen LogP contribution in [0.15, 0.2) is 65.7 Å². The highest BCUT2D eigenvalue weighted by atomic mass is 32.2. The molecule has 1 atom stereocenters. The Morgan fingerprint density at radius 2 is 1.64 bits per heavy atom. The molecule has 0 aliphatic carbocycles. The highest BCUT2D eigenvalue weighted by molar-refractivity contribution is 7.84. The Labute approximate surface area is 153 Å². The predicted molar refractivity (Wildman–Crippen MR) is 107 cm³/mol. The lowest BCUT2D eigenvalue weighted by Gasteiger charge is -2.22. The summed E-state index contributed by atoms with van der Waals surface area (Å²) in [4.78, 5) is 6.73. The standard InChI is InChI=1S/C20H27N3OS/c1-3-21-20(23(2)16-18-10-6-4-7-11-18)22-14-15-25(24)17-19-12-8-5-9-13-19/h4-13H,3,14-17H2,1-2H3,(H,21,22). The van der Waals surface area contributed by atoms with Crippen molar-refractivity contribution in [3.05, 3.63) is 71.8 Å². The first-order valence-corrected chi connectivity index (χ1v) is 10.1. The second-order valence-corrected chi connectivity index (χ2v) is 7.43. The fraction of sp³-hybridized carbons (Fsp3) is 0.350. The van der Waals surface area contributed by atoms with E-state index in [-0.39, 0.29) is 0 Å². The molecule has 25 heavy (non-hydrogen) atoms. The van der Waals surface area contributed by atoms with Crippen LogP contribution in [0, 0.1) is 0 Å². The van der Waals surface area contributed by atoms with Crippen molar-refractivity contribution >= 4 is 16.8 Å². The van der Waals surface area contributed by atoms with Crippen molar-refractivity contribution in [2.75, 3.05) is 25.9 Å². The van der Waals surface area contributed by atoms with Crippen molar-refractivity contribution < 1.29 is 4.21 Å². The number of hydrogen-bond donors (Lipinski definition) is 1. The van der Waals surface area contributed by atoms with Gasteiger partial charge < -0.3 is 10.2 Å². The highest BCUT2D eigenvalue weighted by Crippen LogP contribution is 2.04. The van der Waals surface area contributed by atoms with Crippen LogP contribution in [0.5, 0.6) is 0 Å². The Balaban J connectivity index is 1.87. The van der Waals surface area contributed by atoms with Gasteiger partial charge in [0.15, 0.2) is 5.96 Å². The van der Waals surface area contributed by atoms with Gasteiger partial charge in [0.1, 0.15) is 0 Å². The summed E-state index contributed by atoms with van der Waals surface area (Å²) >= 11 is 0. The van der Waals surface area contributed by atoms with E-state index in [1.807, 2.05) is 55.6 Å². The van der Waals surface area contributed by atoms with E-state index < -0.39 is 10.8 Å². The molecule has 0 fully saturated rings. The summed E-state index contributed by atoms with van der Waals surface area (Å²) < 4.78 is 12.2. The largest absolute Gasteiger partial charge is 0.357 e. The maximum absolute atomic E-state index is 12.2. The third-order valence-corrected chi connectivity index (χ3v) is 5.00. The molecule has 0 saturated heterocycles. The molecule has 2 aromatic carbocycles. The summed E-state index contributed by atoms with van der Waals surface area (Å²) in [6.07, 6.45) is 0. The van der Waals surface area contributed by atoms with Crippen molar-refractivity contribution in [3.8, 4) is 0 Å². The molecule has 0 amide bonds.